The summed E-state index contributed by atoms with van der Waals surface area (Å²) in [6, 6.07) is 8.79. The van der Waals surface area contributed by atoms with Gasteiger partial charge < -0.3 is 14.9 Å². The van der Waals surface area contributed by atoms with Crippen LogP contribution < -0.4 is 0 Å². The van der Waals surface area contributed by atoms with E-state index in [1.807, 2.05) is 0 Å². The summed E-state index contributed by atoms with van der Waals surface area (Å²) in [5, 5.41) is 1.62. The van der Waals surface area contributed by atoms with Crippen LogP contribution in [0.3, 0.4) is 0 Å². The van der Waals surface area contributed by atoms with E-state index < -0.39 is 8.41 Å². The van der Waals surface area contributed by atoms with E-state index in [2.05, 4.69) is 87.7 Å². The number of rotatable bonds is 1. The first kappa shape index (κ1) is 23.9. The Morgan fingerprint density at radius 1 is 1.00 bits per heavy atom. The van der Waals surface area contributed by atoms with Gasteiger partial charge in [-0.25, -0.2) is 0 Å². The molecule has 2 heteroatoms. The van der Waals surface area contributed by atoms with Gasteiger partial charge in [-0.1, -0.05) is 74.6 Å². The first-order valence-electron chi connectivity index (χ1n) is 8.76. The number of hydrogen-bond donors (Lipinski definition) is 0. The Morgan fingerprint density at radius 3 is 2.41 bits per heavy atom. The molecule has 0 amide bonds. The van der Waals surface area contributed by atoms with Crippen LogP contribution in [0.15, 0.2) is 70.9 Å². The van der Waals surface area contributed by atoms with Crippen LogP contribution >= 0.6 is 0 Å². The first-order valence-corrected chi connectivity index (χ1v) is 11.3. The molecule has 0 nitrogen and oxygen atoms in total. The van der Waals surface area contributed by atoms with E-state index in [-0.39, 0.29) is 40.7 Å². The number of fused-ring (bicyclic) bond motifs is 2. The van der Waals surface area contributed by atoms with Crippen molar-refractivity contribution in [2.75, 3.05) is 0 Å². The van der Waals surface area contributed by atoms with E-state index in [1.165, 1.54) is 33.4 Å². The van der Waals surface area contributed by atoms with E-state index in [1.54, 1.807) is 5.17 Å². The molecule has 2 atom stereocenters. The van der Waals surface area contributed by atoms with Crippen molar-refractivity contribution in [1.82, 2.24) is 0 Å². The fourth-order valence-corrected chi connectivity index (χ4v) is 5.77. The summed E-state index contributed by atoms with van der Waals surface area (Å²) in [5.41, 5.74) is 8.39. The average molecular weight is 536 g/mol. The third kappa shape index (κ3) is 4.02. The average Bonchev–Trinajstić information content (AvgIpc) is 3.06. The molecule has 3 aliphatic carbocycles. The van der Waals surface area contributed by atoms with Gasteiger partial charge in [-0.3, -0.25) is 0 Å². The van der Waals surface area contributed by atoms with Crippen LogP contribution in [0.25, 0.3) is 6.08 Å². The summed E-state index contributed by atoms with van der Waals surface area (Å²) in [5.74, 6) is 0.862. The van der Waals surface area contributed by atoms with Crippen molar-refractivity contribution in [2.24, 2.45) is 5.92 Å². The molecule has 1 aromatic carbocycles. The van der Waals surface area contributed by atoms with Gasteiger partial charge in [0, 0.05) is 34.3 Å². The van der Waals surface area contributed by atoms with E-state index >= 15 is 0 Å². The second kappa shape index (κ2) is 9.38. The van der Waals surface area contributed by atoms with Gasteiger partial charge in [-0.2, -0.15) is 11.1 Å². The fraction of sp³-hybridized carbons (Fsp3) is 0.240. The molecule has 0 fully saturated rings. The van der Waals surface area contributed by atoms with Gasteiger partial charge in [-0.15, -0.1) is 29.4 Å². The minimum absolute atomic E-state index is 0. The molecular formula is C25H29HfSi-3. The Hall–Kier alpha value is -1.12. The second-order valence-corrected chi connectivity index (χ2v) is 9.74. The maximum Gasteiger partial charge on any atom is 0.00715 e. The minimum Gasteiger partial charge on any atom is -0.358 e. The van der Waals surface area contributed by atoms with E-state index in [9.17, 15) is 0 Å². The van der Waals surface area contributed by atoms with Gasteiger partial charge in [0.15, 0.2) is 0 Å². The van der Waals surface area contributed by atoms with Gasteiger partial charge in [0.1, 0.15) is 0 Å². The molecule has 0 heterocycles. The van der Waals surface area contributed by atoms with Gasteiger partial charge in [0.05, 0.1) is 0 Å². The number of hydrogen-bond acceptors (Lipinski definition) is 0. The van der Waals surface area contributed by atoms with Crippen molar-refractivity contribution in [3.8, 4) is 0 Å². The molecule has 4 rings (SSSR count). The molecule has 0 spiro atoms. The standard InChI is InChI=1S/C23H23Si.2CH3.Hf/c1-15-14-18-9-7-11-21(24(3)4)16(2)23(18)22(15)20-13-12-17-8-5-6-10-19(17)20;;;/h5-13,16,20H,1-4H3;2*1H3;/q3*-1;. The van der Waals surface area contributed by atoms with Crippen LogP contribution in [0.4, 0.5) is 0 Å². The Morgan fingerprint density at radius 2 is 1.70 bits per heavy atom. The predicted molar refractivity (Wildman–Crippen MR) is 119 cm³/mol. The molecule has 0 saturated carbocycles. The Bertz CT molecular complexity index is 902. The van der Waals surface area contributed by atoms with Crippen LogP contribution in [0.5, 0.6) is 0 Å². The summed E-state index contributed by atoms with van der Waals surface area (Å²) in [4.78, 5) is 0. The van der Waals surface area contributed by atoms with Crippen LogP contribution in [-0.2, 0) is 25.8 Å². The van der Waals surface area contributed by atoms with Crippen LogP contribution in [-0.4, -0.2) is 13.6 Å². The van der Waals surface area contributed by atoms with Crippen molar-refractivity contribution in [3.63, 3.8) is 0 Å². The smallest absolute Gasteiger partial charge is 0.00715 e. The SMILES string of the molecule is CC1=[C-]C2=CC=CC(=[Si](C)C)C(C)C2=C1C1C=Cc2ccccc21.[CH3-].[CH3-].[Hf]. The monoisotopic (exact) mass is 537 g/mol. The summed E-state index contributed by atoms with van der Waals surface area (Å²) in [6.07, 6.45) is 15.1. The number of benzene rings is 1. The number of allylic oxidation sites excluding steroid dienone is 9. The topological polar surface area (TPSA) is 0 Å². The Balaban J connectivity index is 0.00000121. The summed E-state index contributed by atoms with van der Waals surface area (Å²) < 4.78 is 0. The van der Waals surface area contributed by atoms with E-state index in [0.29, 0.717) is 11.8 Å². The fourth-order valence-electron chi connectivity index (χ4n) is 4.33. The zero-order valence-corrected chi connectivity index (χ0v) is 21.9. The van der Waals surface area contributed by atoms with Crippen LogP contribution in [0, 0.1) is 26.8 Å². The van der Waals surface area contributed by atoms with E-state index in [4.69, 9.17) is 0 Å². The molecule has 0 bridgehead atoms. The summed E-state index contributed by atoms with van der Waals surface area (Å²) in [6.45, 7) is 9.41. The molecule has 0 saturated heterocycles. The second-order valence-electron chi connectivity index (χ2n) is 7.16. The molecule has 0 N–H and O–H groups in total. The maximum absolute atomic E-state index is 3.66. The normalized spacial score (nSPS) is 21.9. The van der Waals surface area contributed by atoms with E-state index in [0.717, 1.165) is 0 Å². The Labute approximate surface area is 186 Å². The zero-order valence-electron chi connectivity index (χ0n) is 17.4. The summed E-state index contributed by atoms with van der Waals surface area (Å²) in [7, 11) is -0.461. The molecule has 27 heavy (non-hydrogen) atoms. The molecule has 0 aromatic heterocycles. The van der Waals surface area contributed by atoms with Crippen molar-refractivity contribution in [3.05, 3.63) is 103 Å². The molecule has 3 aliphatic rings. The maximum atomic E-state index is 3.66. The first-order chi connectivity index (χ1) is 11.6. The zero-order chi connectivity index (χ0) is 16.8. The third-order valence-corrected chi connectivity index (χ3v) is 7.19. The minimum atomic E-state index is -0.461. The van der Waals surface area contributed by atoms with Crippen molar-refractivity contribution in [1.29, 1.82) is 0 Å². The quantitative estimate of drug-likeness (QED) is 0.288. The largest absolute Gasteiger partial charge is 0.358 e. The van der Waals surface area contributed by atoms with Crippen LogP contribution in [0.1, 0.15) is 30.9 Å². The molecule has 0 aliphatic heterocycles. The van der Waals surface area contributed by atoms with Gasteiger partial charge in [-0.05, 0) is 23.0 Å². The molecule has 2 unspecified atom stereocenters. The van der Waals surface area contributed by atoms with Gasteiger partial charge in [0.2, 0.25) is 0 Å². The molecular weight excluding hydrogens is 507 g/mol. The van der Waals surface area contributed by atoms with Crippen molar-refractivity contribution < 1.29 is 25.8 Å². The van der Waals surface area contributed by atoms with Gasteiger partial charge >= 0.3 is 0 Å². The van der Waals surface area contributed by atoms with Crippen molar-refractivity contribution in [2.45, 2.75) is 32.9 Å². The van der Waals surface area contributed by atoms with Crippen molar-refractivity contribution >= 4 is 19.7 Å². The predicted octanol–water partition coefficient (Wildman–Crippen LogP) is 6.40. The molecule has 140 valence electrons. The molecule has 0 radical (unpaired) electrons. The molecule has 1 aromatic rings. The Kier molecular flexibility index (Phi) is 8.31. The third-order valence-electron chi connectivity index (χ3n) is 5.43. The van der Waals surface area contributed by atoms with Crippen LogP contribution in [0.2, 0.25) is 13.1 Å². The summed E-state index contributed by atoms with van der Waals surface area (Å²) >= 11 is 0. The van der Waals surface area contributed by atoms with Gasteiger partial charge in [0.25, 0.3) is 0 Å².